The average Bonchev–Trinajstić information content (AvgIpc) is 1.87. The molecule has 0 aromatic rings. The molecule has 0 spiro atoms. The van der Waals surface area contributed by atoms with Crippen LogP contribution in [0.25, 0.3) is 0 Å². The Balaban J connectivity index is 4.25. The van der Waals surface area contributed by atoms with Gasteiger partial charge in [0, 0.05) is 5.70 Å². The summed E-state index contributed by atoms with van der Waals surface area (Å²) < 4.78 is 0. The van der Waals surface area contributed by atoms with E-state index in [0.717, 1.165) is 5.70 Å². The molecule has 0 bridgehead atoms. The summed E-state index contributed by atoms with van der Waals surface area (Å²) >= 11 is 0. The first kappa shape index (κ1) is 8.95. The highest BCUT2D eigenvalue weighted by Gasteiger charge is 1.96. The zero-order chi connectivity index (χ0) is 7.98. The first-order valence-electron chi connectivity index (χ1n) is 3.29. The van der Waals surface area contributed by atoms with Crippen molar-refractivity contribution in [3.05, 3.63) is 24.4 Å². The minimum absolute atomic E-state index is 0.401. The molecule has 0 radical (unpaired) electrons. The normalized spacial score (nSPS) is 12.9. The van der Waals surface area contributed by atoms with E-state index in [-0.39, 0.29) is 0 Å². The lowest BCUT2D eigenvalue weighted by atomic mass is 10.1. The van der Waals surface area contributed by atoms with Crippen molar-refractivity contribution in [2.75, 3.05) is 0 Å². The molecule has 56 valence electrons. The second-order valence-electron chi connectivity index (χ2n) is 2.26. The lowest BCUT2D eigenvalue weighted by Gasteiger charge is -2.02. The lowest BCUT2D eigenvalue weighted by molar-refractivity contribution is 0.759. The van der Waals surface area contributed by atoms with Crippen molar-refractivity contribution in [3.63, 3.8) is 0 Å². The number of nitrogens with zero attached hydrogens (tertiary/aromatic N) is 1. The molecule has 0 heterocycles. The van der Waals surface area contributed by atoms with E-state index in [1.165, 1.54) is 6.34 Å². The first-order chi connectivity index (χ1) is 4.72. The highest BCUT2D eigenvalue weighted by molar-refractivity contribution is 5.53. The van der Waals surface area contributed by atoms with Gasteiger partial charge in [-0.05, 0) is 12.0 Å². The maximum absolute atomic E-state index is 5.13. The third-order valence-electron chi connectivity index (χ3n) is 1.10. The topological polar surface area (TPSA) is 38.4 Å². The fourth-order valence-corrected chi connectivity index (χ4v) is 0.591. The van der Waals surface area contributed by atoms with E-state index in [9.17, 15) is 0 Å². The van der Waals surface area contributed by atoms with Crippen LogP contribution >= 0.6 is 0 Å². The molecular weight excluding hydrogens is 124 g/mol. The Hall–Kier alpha value is -1.05. The van der Waals surface area contributed by atoms with Crippen LogP contribution in [0.15, 0.2) is 29.4 Å². The van der Waals surface area contributed by atoms with E-state index in [4.69, 9.17) is 5.73 Å². The number of rotatable bonds is 3. The molecule has 0 aromatic carbocycles. The SMILES string of the molecule is C=C/C=C(\N=CN)C(C)C. The van der Waals surface area contributed by atoms with E-state index < -0.39 is 0 Å². The van der Waals surface area contributed by atoms with Gasteiger partial charge in [0.05, 0.1) is 6.34 Å². The summed E-state index contributed by atoms with van der Waals surface area (Å²) in [5.74, 6) is 0.401. The number of aliphatic imine (C=N–C) groups is 1. The Labute approximate surface area is 62.1 Å². The number of allylic oxidation sites excluding steroid dienone is 3. The van der Waals surface area contributed by atoms with Gasteiger partial charge >= 0.3 is 0 Å². The van der Waals surface area contributed by atoms with E-state index >= 15 is 0 Å². The van der Waals surface area contributed by atoms with Gasteiger partial charge in [0.2, 0.25) is 0 Å². The Kier molecular flexibility index (Phi) is 4.29. The maximum atomic E-state index is 5.13. The van der Waals surface area contributed by atoms with Gasteiger partial charge < -0.3 is 5.73 Å². The van der Waals surface area contributed by atoms with Crippen LogP contribution in [0.4, 0.5) is 0 Å². The lowest BCUT2D eigenvalue weighted by Crippen LogP contribution is -1.95. The Morgan fingerprint density at radius 3 is 2.50 bits per heavy atom. The van der Waals surface area contributed by atoms with Crippen LogP contribution in [0.5, 0.6) is 0 Å². The summed E-state index contributed by atoms with van der Waals surface area (Å²) in [4.78, 5) is 3.96. The molecule has 0 rings (SSSR count). The molecule has 2 heteroatoms. The molecule has 0 amide bonds. The van der Waals surface area contributed by atoms with E-state index in [0.29, 0.717) is 5.92 Å². The second kappa shape index (κ2) is 4.79. The maximum Gasteiger partial charge on any atom is 0.0856 e. The summed E-state index contributed by atoms with van der Waals surface area (Å²) in [6.07, 6.45) is 4.87. The third-order valence-corrected chi connectivity index (χ3v) is 1.10. The van der Waals surface area contributed by atoms with Crippen LogP contribution in [0, 0.1) is 5.92 Å². The number of hydrogen-bond acceptors (Lipinski definition) is 1. The second-order valence-corrected chi connectivity index (χ2v) is 2.26. The minimum Gasteiger partial charge on any atom is -0.390 e. The highest BCUT2D eigenvalue weighted by atomic mass is 14.8. The molecule has 0 atom stereocenters. The Morgan fingerprint density at radius 2 is 2.20 bits per heavy atom. The van der Waals surface area contributed by atoms with Crippen LogP contribution in [-0.4, -0.2) is 6.34 Å². The first-order valence-corrected chi connectivity index (χ1v) is 3.29. The molecule has 2 nitrogen and oxygen atoms in total. The van der Waals surface area contributed by atoms with E-state index in [1.807, 2.05) is 6.08 Å². The van der Waals surface area contributed by atoms with Crippen molar-refractivity contribution in [2.45, 2.75) is 13.8 Å². The average molecular weight is 138 g/mol. The minimum atomic E-state index is 0.401. The van der Waals surface area contributed by atoms with Gasteiger partial charge in [-0.25, -0.2) is 4.99 Å². The van der Waals surface area contributed by atoms with Gasteiger partial charge in [-0.1, -0.05) is 26.5 Å². The smallest absolute Gasteiger partial charge is 0.0856 e. The third kappa shape index (κ3) is 3.07. The predicted octanol–water partition coefficient (Wildman–Crippen LogP) is 1.70. The van der Waals surface area contributed by atoms with Crippen molar-refractivity contribution in [2.24, 2.45) is 16.6 Å². The molecule has 2 N–H and O–H groups in total. The largest absolute Gasteiger partial charge is 0.390 e. The summed E-state index contributed by atoms with van der Waals surface area (Å²) in [5.41, 5.74) is 6.09. The molecule has 0 aliphatic carbocycles. The van der Waals surface area contributed by atoms with Crippen molar-refractivity contribution in [1.82, 2.24) is 0 Å². The van der Waals surface area contributed by atoms with Crippen molar-refractivity contribution < 1.29 is 0 Å². The van der Waals surface area contributed by atoms with E-state index in [1.54, 1.807) is 6.08 Å². The van der Waals surface area contributed by atoms with Gasteiger partial charge in [-0.2, -0.15) is 0 Å². The van der Waals surface area contributed by atoms with Gasteiger partial charge in [0.15, 0.2) is 0 Å². The Bertz CT molecular complexity index is 155. The molecule has 10 heavy (non-hydrogen) atoms. The number of nitrogens with two attached hydrogens (primary N) is 1. The van der Waals surface area contributed by atoms with Gasteiger partial charge in [0.25, 0.3) is 0 Å². The van der Waals surface area contributed by atoms with Gasteiger partial charge in [0.1, 0.15) is 0 Å². The fraction of sp³-hybridized carbons (Fsp3) is 0.375. The van der Waals surface area contributed by atoms with Crippen LogP contribution in [0.3, 0.4) is 0 Å². The number of hydrogen-bond donors (Lipinski definition) is 1. The predicted molar refractivity (Wildman–Crippen MR) is 45.8 cm³/mol. The molecule has 0 aliphatic rings. The zero-order valence-electron chi connectivity index (χ0n) is 6.54. The van der Waals surface area contributed by atoms with Crippen LogP contribution in [0.1, 0.15) is 13.8 Å². The zero-order valence-corrected chi connectivity index (χ0v) is 6.54. The van der Waals surface area contributed by atoms with Gasteiger partial charge in [-0.3, -0.25) is 0 Å². The van der Waals surface area contributed by atoms with Crippen LogP contribution < -0.4 is 5.73 Å². The fourth-order valence-electron chi connectivity index (χ4n) is 0.591. The Morgan fingerprint density at radius 1 is 1.60 bits per heavy atom. The summed E-state index contributed by atoms with van der Waals surface area (Å²) in [6.45, 7) is 7.69. The standard InChI is InChI=1S/C8H14N2/c1-4-5-8(7(2)3)10-6-9/h4-7H,1H2,2-3H3,(H2,9,10)/b8-5-. The summed E-state index contributed by atoms with van der Waals surface area (Å²) in [6, 6.07) is 0. The highest BCUT2D eigenvalue weighted by Crippen LogP contribution is 2.09. The molecule has 0 fully saturated rings. The molecule has 0 aliphatic heterocycles. The van der Waals surface area contributed by atoms with Gasteiger partial charge in [-0.15, -0.1) is 0 Å². The molecular formula is C8H14N2. The quantitative estimate of drug-likeness (QED) is 0.360. The molecule has 0 saturated heterocycles. The van der Waals surface area contributed by atoms with Crippen molar-refractivity contribution >= 4 is 6.34 Å². The summed E-state index contributed by atoms with van der Waals surface area (Å²) in [7, 11) is 0. The van der Waals surface area contributed by atoms with E-state index in [2.05, 4.69) is 25.4 Å². The molecule has 0 unspecified atom stereocenters. The van der Waals surface area contributed by atoms with Crippen molar-refractivity contribution in [1.29, 1.82) is 0 Å². The summed E-state index contributed by atoms with van der Waals surface area (Å²) in [5, 5.41) is 0. The van der Waals surface area contributed by atoms with Crippen molar-refractivity contribution in [3.8, 4) is 0 Å². The van der Waals surface area contributed by atoms with Crippen LogP contribution in [0.2, 0.25) is 0 Å². The molecule has 0 aromatic heterocycles. The van der Waals surface area contributed by atoms with Crippen LogP contribution in [-0.2, 0) is 0 Å². The monoisotopic (exact) mass is 138 g/mol. The molecule has 0 saturated carbocycles.